The molecule has 3 rings (SSSR count). The van der Waals surface area contributed by atoms with Crippen LogP contribution in [-0.4, -0.2) is 38.4 Å². The molecule has 0 saturated heterocycles. The fourth-order valence-corrected chi connectivity index (χ4v) is 3.63. The molecule has 0 radical (unpaired) electrons. The summed E-state index contributed by atoms with van der Waals surface area (Å²) in [4.78, 5) is 28.2. The van der Waals surface area contributed by atoms with E-state index in [0.717, 1.165) is 17.1 Å². The first kappa shape index (κ1) is 22.6. The summed E-state index contributed by atoms with van der Waals surface area (Å²) in [6.45, 7) is 5.88. The molecule has 6 nitrogen and oxygen atoms in total. The van der Waals surface area contributed by atoms with Crippen molar-refractivity contribution in [3.63, 3.8) is 0 Å². The summed E-state index contributed by atoms with van der Waals surface area (Å²) in [5.74, 6) is -1.16. The SMILES string of the molecule is CC(C)(C)NC(=O)[C@@H](c1ccc(F)cc1)N(CCc1ccccc1)C(=O)c1csnn1. The van der Waals surface area contributed by atoms with E-state index < -0.39 is 23.3 Å². The molecule has 0 aliphatic heterocycles. The Morgan fingerprint density at radius 3 is 2.35 bits per heavy atom. The average Bonchev–Trinajstić information content (AvgIpc) is 3.26. The van der Waals surface area contributed by atoms with E-state index in [1.165, 1.54) is 29.2 Å². The maximum atomic E-state index is 13.6. The van der Waals surface area contributed by atoms with Gasteiger partial charge in [0, 0.05) is 17.5 Å². The van der Waals surface area contributed by atoms with Crippen LogP contribution in [0.25, 0.3) is 0 Å². The van der Waals surface area contributed by atoms with Crippen molar-refractivity contribution in [2.45, 2.75) is 38.8 Å². The van der Waals surface area contributed by atoms with Crippen molar-refractivity contribution in [2.75, 3.05) is 6.54 Å². The summed E-state index contributed by atoms with van der Waals surface area (Å²) in [7, 11) is 0. The fraction of sp³-hybridized carbons (Fsp3) is 0.304. The first-order valence-electron chi connectivity index (χ1n) is 9.94. The number of carbonyl (C=O) groups is 2. The molecule has 1 N–H and O–H groups in total. The lowest BCUT2D eigenvalue weighted by atomic mass is 10.0. The van der Waals surface area contributed by atoms with Crippen LogP contribution >= 0.6 is 11.5 Å². The summed E-state index contributed by atoms with van der Waals surface area (Å²) >= 11 is 1.07. The molecule has 3 aromatic rings. The van der Waals surface area contributed by atoms with Gasteiger partial charge in [-0.25, -0.2) is 4.39 Å². The van der Waals surface area contributed by atoms with Crippen molar-refractivity contribution in [1.82, 2.24) is 19.8 Å². The number of carbonyl (C=O) groups excluding carboxylic acids is 2. The van der Waals surface area contributed by atoms with Gasteiger partial charge in [-0.3, -0.25) is 9.59 Å². The topological polar surface area (TPSA) is 75.2 Å². The third-order valence-corrected chi connectivity index (χ3v) is 5.07. The van der Waals surface area contributed by atoms with E-state index in [0.29, 0.717) is 12.0 Å². The number of rotatable bonds is 7. The standard InChI is InChI=1S/C23H25FN4O2S/c1-23(2,3)25-21(29)20(17-9-11-18(24)12-10-17)28(22(30)19-15-31-27-26-19)14-13-16-7-5-4-6-8-16/h4-12,15,20H,13-14H2,1-3H3,(H,25,29)/t20-/m1/s1. The number of hydrogen-bond acceptors (Lipinski definition) is 5. The molecule has 1 atom stereocenters. The Hall–Kier alpha value is -3.13. The van der Waals surface area contributed by atoms with Crippen LogP contribution in [0.3, 0.4) is 0 Å². The molecule has 2 aromatic carbocycles. The zero-order chi connectivity index (χ0) is 22.4. The molecule has 0 aliphatic rings. The Labute approximate surface area is 185 Å². The van der Waals surface area contributed by atoms with Gasteiger partial charge >= 0.3 is 0 Å². The van der Waals surface area contributed by atoms with Crippen LogP contribution in [0.1, 0.15) is 48.4 Å². The Kier molecular flexibility index (Phi) is 7.12. The maximum absolute atomic E-state index is 13.6. The molecule has 0 aliphatic carbocycles. The van der Waals surface area contributed by atoms with Crippen molar-refractivity contribution in [3.05, 3.63) is 82.6 Å². The largest absolute Gasteiger partial charge is 0.349 e. The first-order chi connectivity index (χ1) is 14.7. The molecule has 0 saturated carbocycles. The van der Waals surface area contributed by atoms with E-state index in [2.05, 4.69) is 14.9 Å². The third kappa shape index (κ3) is 6.18. The molecular formula is C23H25FN4O2S. The highest BCUT2D eigenvalue weighted by Crippen LogP contribution is 2.25. The van der Waals surface area contributed by atoms with E-state index in [9.17, 15) is 14.0 Å². The number of nitrogens with one attached hydrogen (secondary N) is 1. The van der Waals surface area contributed by atoms with Gasteiger partial charge in [0.05, 0.1) is 0 Å². The second-order valence-corrected chi connectivity index (χ2v) is 8.83. The van der Waals surface area contributed by atoms with E-state index in [-0.39, 0.29) is 18.1 Å². The van der Waals surface area contributed by atoms with Crippen LogP contribution in [-0.2, 0) is 11.2 Å². The number of halogens is 1. The van der Waals surface area contributed by atoms with E-state index in [1.807, 2.05) is 51.1 Å². The van der Waals surface area contributed by atoms with Crippen LogP contribution in [0, 0.1) is 5.82 Å². The molecule has 1 heterocycles. The maximum Gasteiger partial charge on any atom is 0.276 e. The van der Waals surface area contributed by atoms with Gasteiger partial charge in [0.1, 0.15) is 11.9 Å². The van der Waals surface area contributed by atoms with Crippen LogP contribution in [0.2, 0.25) is 0 Å². The monoisotopic (exact) mass is 440 g/mol. The molecule has 0 spiro atoms. The number of benzene rings is 2. The van der Waals surface area contributed by atoms with Crippen molar-refractivity contribution in [1.29, 1.82) is 0 Å². The van der Waals surface area contributed by atoms with E-state index >= 15 is 0 Å². The van der Waals surface area contributed by atoms with Gasteiger partial charge in [-0.2, -0.15) is 0 Å². The molecule has 0 bridgehead atoms. The van der Waals surface area contributed by atoms with Gasteiger partial charge in [-0.15, -0.1) is 5.10 Å². The normalized spacial score (nSPS) is 12.3. The van der Waals surface area contributed by atoms with Crippen LogP contribution in [0.15, 0.2) is 60.0 Å². The van der Waals surface area contributed by atoms with Gasteiger partial charge in [0.2, 0.25) is 5.91 Å². The zero-order valence-corrected chi connectivity index (χ0v) is 18.5. The van der Waals surface area contributed by atoms with Crippen LogP contribution in [0.5, 0.6) is 0 Å². The fourth-order valence-electron chi connectivity index (χ4n) is 3.20. The molecule has 2 amide bonds. The quantitative estimate of drug-likeness (QED) is 0.602. The smallest absolute Gasteiger partial charge is 0.276 e. The number of aromatic nitrogens is 2. The highest BCUT2D eigenvalue weighted by Gasteiger charge is 2.34. The lowest BCUT2D eigenvalue weighted by Crippen LogP contribution is -2.49. The predicted molar refractivity (Wildman–Crippen MR) is 118 cm³/mol. The molecule has 162 valence electrons. The van der Waals surface area contributed by atoms with Gasteiger partial charge in [-0.05, 0) is 62.0 Å². The molecule has 8 heteroatoms. The second kappa shape index (κ2) is 9.78. The minimum Gasteiger partial charge on any atom is -0.349 e. The highest BCUT2D eigenvalue weighted by atomic mass is 32.1. The molecule has 1 aromatic heterocycles. The zero-order valence-electron chi connectivity index (χ0n) is 17.7. The van der Waals surface area contributed by atoms with Crippen molar-refractivity contribution in [2.24, 2.45) is 0 Å². The summed E-state index contributed by atoms with van der Waals surface area (Å²) in [5.41, 5.74) is 1.22. The van der Waals surface area contributed by atoms with Crippen molar-refractivity contribution in [3.8, 4) is 0 Å². The number of amides is 2. The lowest BCUT2D eigenvalue weighted by Gasteiger charge is -2.33. The van der Waals surface area contributed by atoms with E-state index in [1.54, 1.807) is 5.38 Å². The van der Waals surface area contributed by atoms with Gasteiger partial charge < -0.3 is 10.2 Å². The van der Waals surface area contributed by atoms with Gasteiger partial charge in [0.25, 0.3) is 5.91 Å². The first-order valence-corrected chi connectivity index (χ1v) is 10.8. The summed E-state index contributed by atoms with van der Waals surface area (Å²) in [6, 6.07) is 14.4. The third-order valence-electron chi connectivity index (χ3n) is 4.57. The Morgan fingerprint density at radius 2 is 1.77 bits per heavy atom. The van der Waals surface area contributed by atoms with Gasteiger partial charge in [0.15, 0.2) is 5.69 Å². The van der Waals surface area contributed by atoms with E-state index in [4.69, 9.17) is 0 Å². The average molecular weight is 441 g/mol. The Morgan fingerprint density at radius 1 is 1.10 bits per heavy atom. The van der Waals surface area contributed by atoms with Gasteiger partial charge in [-0.1, -0.05) is 47.0 Å². The summed E-state index contributed by atoms with van der Waals surface area (Å²) in [5, 5.41) is 8.41. The predicted octanol–water partition coefficient (Wildman–Crippen LogP) is 4.02. The second-order valence-electron chi connectivity index (χ2n) is 8.22. The number of nitrogens with zero attached hydrogens (tertiary/aromatic N) is 3. The minimum absolute atomic E-state index is 0.175. The minimum atomic E-state index is -0.947. The Bertz CT molecular complexity index is 1000. The lowest BCUT2D eigenvalue weighted by molar-refractivity contribution is -0.127. The van der Waals surface area contributed by atoms with Crippen LogP contribution < -0.4 is 5.32 Å². The van der Waals surface area contributed by atoms with Crippen molar-refractivity contribution < 1.29 is 14.0 Å². The molecular weight excluding hydrogens is 415 g/mol. The highest BCUT2D eigenvalue weighted by molar-refractivity contribution is 7.03. The molecule has 0 fully saturated rings. The van der Waals surface area contributed by atoms with Crippen LogP contribution in [0.4, 0.5) is 4.39 Å². The summed E-state index contributed by atoms with van der Waals surface area (Å²) in [6.07, 6.45) is 0.546. The number of hydrogen-bond donors (Lipinski definition) is 1. The molecule has 0 unspecified atom stereocenters. The van der Waals surface area contributed by atoms with Crippen molar-refractivity contribution >= 4 is 23.3 Å². The Balaban J connectivity index is 2.00. The molecule has 31 heavy (non-hydrogen) atoms. The summed E-state index contributed by atoms with van der Waals surface area (Å²) < 4.78 is 17.4.